The number of aromatic carboxylic acids is 1. The molecule has 2 aromatic rings. The van der Waals surface area contributed by atoms with Crippen LogP contribution in [0.25, 0.3) is 0 Å². The van der Waals surface area contributed by atoms with Crippen LogP contribution in [-0.2, 0) is 6.54 Å². The summed E-state index contributed by atoms with van der Waals surface area (Å²) in [5.41, 5.74) is -0.784. The predicted octanol–water partition coefficient (Wildman–Crippen LogP) is 0.945. The highest BCUT2D eigenvalue weighted by Crippen LogP contribution is 2.20. The molecular formula is C13H11ClN2O5. The van der Waals surface area contributed by atoms with E-state index >= 15 is 0 Å². The Kier molecular flexibility index (Phi) is 4.13. The molecule has 0 unspecified atom stereocenters. The molecule has 110 valence electrons. The zero-order valence-electron chi connectivity index (χ0n) is 10.9. The Hall–Kier alpha value is -2.54. The Morgan fingerprint density at radius 1 is 1.43 bits per heavy atom. The van der Waals surface area contributed by atoms with Gasteiger partial charge >= 0.3 is 11.7 Å². The second kappa shape index (κ2) is 5.84. The number of hydrogen-bond acceptors (Lipinski definition) is 4. The van der Waals surface area contributed by atoms with Gasteiger partial charge in [0.2, 0.25) is 0 Å². The molecule has 1 aromatic carbocycles. The summed E-state index contributed by atoms with van der Waals surface area (Å²) in [6.45, 7) is 0.0135. The zero-order valence-corrected chi connectivity index (χ0v) is 11.7. The second-order valence-corrected chi connectivity index (χ2v) is 4.60. The van der Waals surface area contributed by atoms with Crippen molar-refractivity contribution in [3.05, 3.63) is 61.4 Å². The third-order valence-corrected chi connectivity index (χ3v) is 3.10. The van der Waals surface area contributed by atoms with E-state index in [1.54, 1.807) is 0 Å². The lowest BCUT2D eigenvalue weighted by molar-refractivity contribution is 0.0696. The molecule has 2 rings (SSSR count). The number of aromatic nitrogens is 2. The summed E-state index contributed by atoms with van der Waals surface area (Å²) < 4.78 is 6.29. The summed E-state index contributed by atoms with van der Waals surface area (Å²) in [4.78, 5) is 36.0. The number of carboxylic acids is 1. The van der Waals surface area contributed by atoms with Gasteiger partial charge in [0, 0.05) is 11.8 Å². The van der Waals surface area contributed by atoms with Crippen molar-refractivity contribution in [2.24, 2.45) is 0 Å². The van der Waals surface area contributed by atoms with Crippen LogP contribution in [0.2, 0.25) is 5.02 Å². The summed E-state index contributed by atoms with van der Waals surface area (Å²) >= 11 is 5.68. The lowest BCUT2D eigenvalue weighted by Crippen LogP contribution is -2.30. The fraction of sp³-hybridized carbons (Fsp3) is 0.154. The van der Waals surface area contributed by atoms with Gasteiger partial charge < -0.3 is 9.84 Å². The minimum Gasteiger partial charge on any atom is -0.496 e. The molecule has 0 bridgehead atoms. The van der Waals surface area contributed by atoms with Crippen molar-refractivity contribution >= 4 is 17.6 Å². The second-order valence-electron chi connectivity index (χ2n) is 4.20. The van der Waals surface area contributed by atoms with Crippen LogP contribution in [0.15, 0.2) is 34.0 Å². The topological polar surface area (TPSA) is 101 Å². The summed E-state index contributed by atoms with van der Waals surface area (Å²) in [6.07, 6.45) is 1.19. The normalized spacial score (nSPS) is 10.4. The molecule has 0 spiro atoms. The molecule has 0 atom stereocenters. The Morgan fingerprint density at radius 2 is 2.14 bits per heavy atom. The molecule has 0 saturated heterocycles. The third-order valence-electron chi connectivity index (χ3n) is 2.84. The standard InChI is InChI=1S/C13H11ClN2O5/c1-21-10-3-2-7(12(18)19)4-8(10)5-16-6-9(14)11(17)15-13(16)20/h2-4,6H,5H2,1H3,(H,18,19)(H,15,17,20). The average molecular weight is 311 g/mol. The van der Waals surface area contributed by atoms with Crippen LogP contribution < -0.4 is 16.0 Å². The maximum atomic E-state index is 11.7. The Bertz CT molecular complexity index is 809. The van der Waals surface area contributed by atoms with Crippen LogP contribution in [0, 0.1) is 0 Å². The molecule has 8 heteroatoms. The van der Waals surface area contributed by atoms with Gasteiger partial charge in [0.15, 0.2) is 0 Å². The number of carboxylic acid groups (broad SMARTS) is 1. The van der Waals surface area contributed by atoms with Gasteiger partial charge in [0.1, 0.15) is 10.8 Å². The van der Waals surface area contributed by atoms with Crippen molar-refractivity contribution in [3.63, 3.8) is 0 Å². The van der Waals surface area contributed by atoms with E-state index in [4.69, 9.17) is 21.4 Å². The number of hydrogen-bond donors (Lipinski definition) is 2. The Balaban J connectivity index is 2.50. The largest absolute Gasteiger partial charge is 0.496 e. The zero-order chi connectivity index (χ0) is 15.6. The van der Waals surface area contributed by atoms with Gasteiger partial charge in [0.05, 0.1) is 19.2 Å². The predicted molar refractivity (Wildman–Crippen MR) is 75.4 cm³/mol. The number of nitrogens with zero attached hydrogens (tertiary/aromatic N) is 1. The summed E-state index contributed by atoms with van der Waals surface area (Å²) in [7, 11) is 1.43. The molecule has 0 radical (unpaired) electrons. The van der Waals surface area contributed by atoms with Crippen molar-refractivity contribution in [2.75, 3.05) is 7.11 Å². The molecule has 0 amide bonds. The number of carbonyl (C=O) groups is 1. The van der Waals surface area contributed by atoms with E-state index in [2.05, 4.69) is 4.98 Å². The van der Waals surface area contributed by atoms with Gasteiger partial charge in [-0.3, -0.25) is 14.3 Å². The molecule has 7 nitrogen and oxygen atoms in total. The monoisotopic (exact) mass is 310 g/mol. The molecular weight excluding hydrogens is 300 g/mol. The summed E-state index contributed by atoms with van der Waals surface area (Å²) in [6, 6.07) is 4.29. The molecule has 0 saturated carbocycles. The SMILES string of the molecule is COc1ccc(C(=O)O)cc1Cn1cc(Cl)c(=O)[nH]c1=O. The van der Waals surface area contributed by atoms with Crippen molar-refractivity contribution < 1.29 is 14.6 Å². The van der Waals surface area contributed by atoms with E-state index in [-0.39, 0.29) is 17.1 Å². The lowest BCUT2D eigenvalue weighted by atomic mass is 10.1. The number of halogens is 1. The first kappa shape index (κ1) is 14.9. The van der Waals surface area contributed by atoms with Crippen LogP contribution in [0.5, 0.6) is 5.75 Å². The third kappa shape index (κ3) is 3.14. The summed E-state index contributed by atoms with van der Waals surface area (Å²) in [5, 5.41) is 8.86. The maximum absolute atomic E-state index is 11.7. The maximum Gasteiger partial charge on any atom is 0.335 e. The minimum atomic E-state index is -1.09. The Labute approximate surface area is 123 Å². The van der Waals surface area contributed by atoms with Crippen LogP contribution in [0.4, 0.5) is 0 Å². The van der Waals surface area contributed by atoms with Crippen LogP contribution in [0.1, 0.15) is 15.9 Å². The molecule has 1 heterocycles. The quantitative estimate of drug-likeness (QED) is 0.875. The smallest absolute Gasteiger partial charge is 0.335 e. The first-order valence-corrected chi connectivity index (χ1v) is 6.19. The van der Waals surface area contributed by atoms with Crippen molar-refractivity contribution in [1.82, 2.24) is 9.55 Å². The molecule has 0 fully saturated rings. The van der Waals surface area contributed by atoms with Crippen LogP contribution >= 0.6 is 11.6 Å². The van der Waals surface area contributed by atoms with Gasteiger partial charge in [0.25, 0.3) is 5.56 Å². The van der Waals surface area contributed by atoms with E-state index in [0.29, 0.717) is 11.3 Å². The van der Waals surface area contributed by atoms with Crippen molar-refractivity contribution in [2.45, 2.75) is 6.54 Å². The van der Waals surface area contributed by atoms with Gasteiger partial charge in [-0.2, -0.15) is 0 Å². The van der Waals surface area contributed by atoms with E-state index in [9.17, 15) is 14.4 Å². The van der Waals surface area contributed by atoms with Crippen LogP contribution in [0.3, 0.4) is 0 Å². The minimum absolute atomic E-state index is 0.0135. The van der Waals surface area contributed by atoms with Crippen molar-refractivity contribution in [1.29, 1.82) is 0 Å². The number of H-pyrrole nitrogens is 1. The van der Waals surface area contributed by atoms with Gasteiger partial charge in [-0.25, -0.2) is 9.59 Å². The van der Waals surface area contributed by atoms with E-state index in [1.807, 2.05) is 0 Å². The number of methoxy groups -OCH3 is 1. The number of rotatable bonds is 4. The van der Waals surface area contributed by atoms with Crippen molar-refractivity contribution in [3.8, 4) is 5.75 Å². The Morgan fingerprint density at radius 3 is 2.76 bits per heavy atom. The van der Waals surface area contributed by atoms with Gasteiger partial charge in [-0.15, -0.1) is 0 Å². The lowest BCUT2D eigenvalue weighted by Gasteiger charge is -2.11. The fourth-order valence-corrected chi connectivity index (χ4v) is 1.98. The molecule has 1 aromatic heterocycles. The molecule has 21 heavy (non-hydrogen) atoms. The molecule has 0 aliphatic carbocycles. The van der Waals surface area contributed by atoms with Gasteiger partial charge in [-0.1, -0.05) is 11.6 Å². The van der Waals surface area contributed by atoms with E-state index < -0.39 is 17.2 Å². The van der Waals surface area contributed by atoms with Gasteiger partial charge in [-0.05, 0) is 18.2 Å². The van der Waals surface area contributed by atoms with Crippen LogP contribution in [-0.4, -0.2) is 27.7 Å². The molecule has 0 aliphatic rings. The average Bonchev–Trinajstić information content (AvgIpc) is 2.44. The number of nitrogens with one attached hydrogen (secondary N) is 1. The first-order chi connectivity index (χ1) is 9.92. The molecule has 2 N–H and O–H groups in total. The highest BCUT2D eigenvalue weighted by molar-refractivity contribution is 6.30. The number of aromatic amines is 1. The number of benzene rings is 1. The summed E-state index contributed by atoms with van der Waals surface area (Å²) in [5.74, 6) is -0.667. The molecule has 0 aliphatic heterocycles. The highest BCUT2D eigenvalue weighted by Gasteiger charge is 2.11. The van der Waals surface area contributed by atoms with E-state index in [0.717, 1.165) is 4.57 Å². The first-order valence-electron chi connectivity index (χ1n) is 5.82. The fourth-order valence-electron chi connectivity index (χ4n) is 1.82. The number of ether oxygens (including phenoxy) is 1. The van der Waals surface area contributed by atoms with E-state index in [1.165, 1.54) is 31.5 Å². The highest BCUT2D eigenvalue weighted by atomic mass is 35.5.